The van der Waals surface area contributed by atoms with Gasteiger partial charge >= 0.3 is 0 Å². The van der Waals surface area contributed by atoms with E-state index in [0.717, 1.165) is 4.91 Å². The molecule has 2 rings (SSSR count). The van der Waals surface area contributed by atoms with E-state index < -0.39 is 0 Å². The molecular formula is C11H14OS4. The van der Waals surface area contributed by atoms with E-state index in [9.17, 15) is 5.11 Å². The molecule has 0 fully saturated rings. The summed E-state index contributed by atoms with van der Waals surface area (Å²) in [6, 6.07) is 0. The lowest BCUT2D eigenvalue weighted by Crippen LogP contribution is -1.99. The van der Waals surface area contributed by atoms with E-state index in [2.05, 4.69) is 20.8 Å². The van der Waals surface area contributed by atoms with Gasteiger partial charge in [-0.05, 0) is 42.4 Å². The van der Waals surface area contributed by atoms with Crippen LogP contribution in [-0.2, 0) is 0 Å². The Hall–Kier alpha value is 0.580. The van der Waals surface area contributed by atoms with Gasteiger partial charge in [-0.1, -0.05) is 47.0 Å². The van der Waals surface area contributed by atoms with Crippen molar-refractivity contribution in [3.05, 3.63) is 28.1 Å². The van der Waals surface area contributed by atoms with E-state index in [0.29, 0.717) is 0 Å². The summed E-state index contributed by atoms with van der Waals surface area (Å²) in [4.78, 5) is 5.15. The Morgan fingerprint density at radius 2 is 1.25 bits per heavy atom. The quantitative estimate of drug-likeness (QED) is 0.736. The largest absolute Gasteiger partial charge is 0.388 e. The van der Waals surface area contributed by atoms with Crippen molar-refractivity contribution in [2.75, 3.05) is 0 Å². The molecule has 0 aliphatic carbocycles. The minimum atomic E-state index is -0.345. The van der Waals surface area contributed by atoms with Crippen LogP contribution in [0.15, 0.2) is 28.1 Å². The molecule has 1 nitrogen and oxygen atoms in total. The molecule has 0 unspecified atom stereocenters. The monoisotopic (exact) mass is 290 g/mol. The number of rotatable bonds is 1. The molecule has 2 aliphatic heterocycles. The van der Waals surface area contributed by atoms with Gasteiger partial charge in [0.25, 0.3) is 0 Å². The van der Waals surface area contributed by atoms with Gasteiger partial charge in [-0.3, -0.25) is 0 Å². The van der Waals surface area contributed by atoms with E-state index in [1.165, 1.54) is 23.2 Å². The van der Waals surface area contributed by atoms with E-state index in [1.54, 1.807) is 23.5 Å². The highest BCUT2D eigenvalue weighted by Crippen LogP contribution is 2.59. The van der Waals surface area contributed by atoms with E-state index in [-0.39, 0.29) is 6.10 Å². The van der Waals surface area contributed by atoms with Crippen LogP contribution < -0.4 is 0 Å². The Morgan fingerprint density at radius 1 is 0.812 bits per heavy atom. The Morgan fingerprint density at radius 3 is 1.69 bits per heavy atom. The van der Waals surface area contributed by atoms with Crippen LogP contribution in [0.3, 0.4) is 0 Å². The van der Waals surface area contributed by atoms with Crippen LogP contribution >= 0.6 is 47.0 Å². The highest BCUT2D eigenvalue weighted by molar-refractivity contribution is 8.34. The van der Waals surface area contributed by atoms with Crippen LogP contribution in [0, 0.1) is 0 Å². The zero-order chi connectivity index (χ0) is 11.9. The fourth-order valence-corrected chi connectivity index (χ4v) is 6.84. The molecule has 0 saturated heterocycles. The van der Waals surface area contributed by atoms with Crippen molar-refractivity contribution in [2.24, 2.45) is 0 Å². The van der Waals surface area contributed by atoms with Gasteiger partial charge in [0.05, 0.1) is 14.6 Å². The van der Waals surface area contributed by atoms with Crippen molar-refractivity contribution in [2.45, 2.75) is 33.8 Å². The van der Waals surface area contributed by atoms with Crippen LogP contribution in [0.2, 0.25) is 0 Å². The van der Waals surface area contributed by atoms with E-state index in [4.69, 9.17) is 0 Å². The standard InChI is InChI=1S/C11H14OS4/c1-5(12)9-8(4)15-11(16-9)10-13-6(2)7(3)14-10/h5,12H,1-4H3/t5-/m0/s1. The van der Waals surface area contributed by atoms with E-state index >= 15 is 0 Å². The third-order valence-corrected chi connectivity index (χ3v) is 8.28. The van der Waals surface area contributed by atoms with Gasteiger partial charge in [0.15, 0.2) is 0 Å². The molecular weight excluding hydrogens is 276 g/mol. The topological polar surface area (TPSA) is 20.2 Å². The second kappa shape index (κ2) is 5.06. The first-order valence-corrected chi connectivity index (χ1v) is 8.27. The fraction of sp³-hybridized carbons (Fsp3) is 0.455. The third kappa shape index (κ3) is 2.53. The zero-order valence-corrected chi connectivity index (χ0v) is 12.9. The van der Waals surface area contributed by atoms with Crippen molar-refractivity contribution >= 4 is 47.0 Å². The van der Waals surface area contributed by atoms with Crippen LogP contribution in [0.4, 0.5) is 0 Å². The zero-order valence-electron chi connectivity index (χ0n) is 9.66. The number of thioether (sulfide) groups is 4. The molecule has 2 aliphatic rings. The number of hydrogen-bond donors (Lipinski definition) is 1. The number of hydrogen-bond acceptors (Lipinski definition) is 5. The smallest absolute Gasteiger partial charge is 0.0831 e. The molecule has 2 heterocycles. The van der Waals surface area contributed by atoms with Crippen LogP contribution in [0.5, 0.6) is 0 Å². The number of aliphatic hydroxyl groups is 1. The molecule has 5 heteroatoms. The lowest BCUT2D eigenvalue weighted by atomic mass is 10.3. The predicted octanol–water partition coefficient (Wildman–Crippen LogP) is 4.94. The van der Waals surface area contributed by atoms with Gasteiger partial charge in [-0.2, -0.15) is 0 Å². The molecule has 0 spiro atoms. The van der Waals surface area contributed by atoms with Crippen LogP contribution in [0.25, 0.3) is 0 Å². The summed E-state index contributed by atoms with van der Waals surface area (Å²) in [6.07, 6.45) is -0.345. The molecule has 1 atom stereocenters. The second-order valence-electron chi connectivity index (χ2n) is 3.69. The van der Waals surface area contributed by atoms with E-state index in [1.807, 2.05) is 30.4 Å². The highest BCUT2D eigenvalue weighted by Gasteiger charge is 2.27. The predicted molar refractivity (Wildman–Crippen MR) is 80.1 cm³/mol. The Kier molecular flexibility index (Phi) is 4.12. The fourth-order valence-electron chi connectivity index (χ4n) is 1.37. The van der Waals surface area contributed by atoms with Gasteiger partial charge in [0, 0.05) is 4.91 Å². The maximum absolute atomic E-state index is 9.65. The van der Waals surface area contributed by atoms with Gasteiger partial charge in [-0.25, -0.2) is 0 Å². The first kappa shape index (κ1) is 13.0. The van der Waals surface area contributed by atoms with Gasteiger partial charge < -0.3 is 5.11 Å². The number of aliphatic hydroxyl groups excluding tert-OH is 1. The minimum Gasteiger partial charge on any atom is -0.388 e. The molecule has 88 valence electrons. The SMILES string of the molecule is CC1=C(C)SC(=C2SC(C)=C([C@H](C)O)S2)S1. The Labute approximate surface area is 114 Å². The second-order valence-corrected chi connectivity index (χ2v) is 8.94. The van der Waals surface area contributed by atoms with Crippen molar-refractivity contribution in [1.82, 2.24) is 0 Å². The first-order chi connectivity index (χ1) is 7.49. The normalized spacial score (nSPS) is 23.8. The summed E-state index contributed by atoms with van der Waals surface area (Å²) >= 11 is 7.25. The van der Waals surface area contributed by atoms with Gasteiger partial charge in [0.1, 0.15) is 0 Å². The molecule has 1 N–H and O–H groups in total. The molecule has 0 amide bonds. The summed E-state index contributed by atoms with van der Waals surface area (Å²) in [5, 5.41) is 9.65. The average Bonchev–Trinajstić information content (AvgIpc) is 2.71. The minimum absolute atomic E-state index is 0.345. The molecule has 0 bridgehead atoms. The average molecular weight is 290 g/mol. The highest BCUT2D eigenvalue weighted by atomic mass is 32.2. The summed E-state index contributed by atoms with van der Waals surface area (Å²) < 4.78 is 2.71. The third-order valence-electron chi connectivity index (χ3n) is 2.33. The van der Waals surface area contributed by atoms with Crippen LogP contribution in [-0.4, -0.2) is 11.2 Å². The number of allylic oxidation sites excluding steroid dienone is 3. The lowest BCUT2D eigenvalue weighted by molar-refractivity contribution is 0.240. The lowest BCUT2D eigenvalue weighted by Gasteiger charge is -2.05. The maximum atomic E-state index is 9.65. The van der Waals surface area contributed by atoms with Crippen molar-refractivity contribution in [1.29, 1.82) is 0 Å². The molecule has 0 saturated carbocycles. The summed E-state index contributed by atoms with van der Waals surface area (Å²) in [5.41, 5.74) is 0. The molecule has 0 radical (unpaired) electrons. The Bertz CT molecular complexity index is 402. The van der Waals surface area contributed by atoms with Gasteiger partial charge in [0.2, 0.25) is 0 Å². The molecule has 0 aromatic rings. The summed E-state index contributed by atoms with van der Waals surface area (Å²) in [6.45, 7) is 8.26. The van der Waals surface area contributed by atoms with Crippen molar-refractivity contribution in [3.63, 3.8) is 0 Å². The molecule has 16 heavy (non-hydrogen) atoms. The Balaban J connectivity index is 2.16. The van der Waals surface area contributed by atoms with Crippen molar-refractivity contribution in [3.8, 4) is 0 Å². The summed E-state index contributed by atoms with van der Waals surface area (Å²) in [5.74, 6) is 0. The molecule has 0 aromatic heterocycles. The van der Waals surface area contributed by atoms with Gasteiger partial charge in [-0.15, -0.1) is 0 Å². The first-order valence-electron chi connectivity index (χ1n) is 5.01. The molecule has 0 aromatic carbocycles. The van der Waals surface area contributed by atoms with Crippen molar-refractivity contribution < 1.29 is 5.11 Å². The summed E-state index contributed by atoms with van der Waals surface area (Å²) in [7, 11) is 0. The van der Waals surface area contributed by atoms with Crippen LogP contribution in [0.1, 0.15) is 27.7 Å². The maximum Gasteiger partial charge on any atom is 0.0831 e.